The Bertz CT molecular complexity index is 999. The minimum absolute atomic E-state index is 0.00740. The topological polar surface area (TPSA) is 94.5 Å². The number of halogens is 1. The molecule has 2 aromatic heterocycles. The van der Waals surface area contributed by atoms with Crippen LogP contribution in [0.5, 0.6) is 0 Å². The van der Waals surface area contributed by atoms with Crippen molar-refractivity contribution in [3.8, 4) is 0 Å². The Labute approximate surface area is 130 Å². The van der Waals surface area contributed by atoms with Crippen LogP contribution in [0.25, 0.3) is 11.1 Å². The van der Waals surface area contributed by atoms with Gasteiger partial charge in [0.1, 0.15) is 5.76 Å². The molecule has 116 valence electrons. The molecule has 1 N–H and O–H groups in total. The molecule has 0 fully saturated rings. The van der Waals surface area contributed by atoms with Gasteiger partial charge in [-0.25, -0.2) is 17.9 Å². The zero-order valence-electron chi connectivity index (χ0n) is 11.4. The Morgan fingerprint density at radius 3 is 2.68 bits per heavy atom. The molecule has 0 saturated heterocycles. The molecule has 3 rings (SSSR count). The summed E-state index contributed by atoms with van der Waals surface area (Å²) in [7, 11) is -2.23. The summed E-state index contributed by atoms with van der Waals surface area (Å²) in [5, 5.41) is 0.182. The van der Waals surface area contributed by atoms with E-state index in [4.69, 9.17) is 20.4 Å². The quantitative estimate of drug-likeness (QED) is 0.780. The zero-order chi connectivity index (χ0) is 15.9. The van der Waals surface area contributed by atoms with Crippen LogP contribution in [0, 0.1) is 0 Å². The third-order valence-electron chi connectivity index (χ3n) is 3.14. The standard InChI is InChI=1S/C13H11ClN2O5S/c1-16-10-4-3-9(6-11(10)21-13(16)17)22(18,19)15-7-8-2-5-12(14)20-8/h2-6,15H,7H2,1H3. The summed E-state index contributed by atoms with van der Waals surface area (Å²) in [4.78, 5) is 11.4. The second-order valence-electron chi connectivity index (χ2n) is 4.59. The molecule has 0 unspecified atom stereocenters. The lowest BCUT2D eigenvalue weighted by Gasteiger charge is -2.05. The summed E-state index contributed by atoms with van der Waals surface area (Å²) in [6, 6.07) is 7.31. The van der Waals surface area contributed by atoms with Crippen molar-refractivity contribution in [2.45, 2.75) is 11.4 Å². The molecule has 0 radical (unpaired) electrons. The summed E-state index contributed by atoms with van der Waals surface area (Å²) in [6.07, 6.45) is 0. The minimum Gasteiger partial charge on any atom is -0.448 e. The lowest BCUT2D eigenvalue weighted by molar-refractivity contribution is 0.500. The van der Waals surface area contributed by atoms with Gasteiger partial charge in [-0.05, 0) is 35.9 Å². The number of aromatic nitrogens is 1. The Morgan fingerprint density at radius 1 is 1.23 bits per heavy atom. The normalized spacial score (nSPS) is 12.1. The first kappa shape index (κ1) is 14.9. The third kappa shape index (κ3) is 2.68. The van der Waals surface area contributed by atoms with Crippen LogP contribution in [0.1, 0.15) is 5.76 Å². The van der Waals surface area contributed by atoms with Crippen LogP contribution in [0.3, 0.4) is 0 Å². The van der Waals surface area contributed by atoms with Gasteiger partial charge in [0.05, 0.1) is 17.0 Å². The van der Waals surface area contributed by atoms with Gasteiger partial charge in [-0.3, -0.25) is 4.57 Å². The van der Waals surface area contributed by atoms with Crippen LogP contribution < -0.4 is 10.5 Å². The molecule has 0 aliphatic rings. The van der Waals surface area contributed by atoms with Crippen molar-refractivity contribution in [1.29, 1.82) is 0 Å². The fraction of sp³-hybridized carbons (Fsp3) is 0.154. The highest BCUT2D eigenvalue weighted by Gasteiger charge is 2.17. The molecular weight excluding hydrogens is 332 g/mol. The first-order valence-corrected chi connectivity index (χ1v) is 8.06. The monoisotopic (exact) mass is 342 g/mol. The number of benzene rings is 1. The predicted octanol–water partition coefficient (Wildman–Crippen LogP) is 1.86. The molecule has 0 aliphatic heterocycles. The van der Waals surface area contributed by atoms with Gasteiger partial charge in [0.25, 0.3) is 0 Å². The summed E-state index contributed by atoms with van der Waals surface area (Å²) >= 11 is 5.62. The average molecular weight is 343 g/mol. The van der Waals surface area contributed by atoms with E-state index in [9.17, 15) is 13.2 Å². The van der Waals surface area contributed by atoms with Crippen molar-refractivity contribution in [1.82, 2.24) is 9.29 Å². The van der Waals surface area contributed by atoms with Gasteiger partial charge in [0.2, 0.25) is 10.0 Å². The van der Waals surface area contributed by atoms with Gasteiger partial charge < -0.3 is 8.83 Å². The predicted molar refractivity (Wildman–Crippen MR) is 79.2 cm³/mol. The zero-order valence-corrected chi connectivity index (χ0v) is 12.9. The minimum atomic E-state index is -3.77. The summed E-state index contributed by atoms with van der Waals surface area (Å²) in [5.41, 5.74) is 0.721. The lowest BCUT2D eigenvalue weighted by Crippen LogP contribution is -2.22. The van der Waals surface area contributed by atoms with Crippen molar-refractivity contribution >= 4 is 32.7 Å². The number of fused-ring (bicyclic) bond motifs is 1. The molecule has 9 heteroatoms. The smallest absolute Gasteiger partial charge is 0.419 e. The van der Waals surface area contributed by atoms with Gasteiger partial charge in [-0.1, -0.05) is 0 Å². The molecule has 0 bridgehead atoms. The van der Waals surface area contributed by atoms with Crippen molar-refractivity contribution in [3.63, 3.8) is 0 Å². The number of hydrogen-bond acceptors (Lipinski definition) is 5. The number of rotatable bonds is 4. The Hall–Kier alpha value is -2.03. The van der Waals surface area contributed by atoms with Gasteiger partial charge in [0.15, 0.2) is 10.8 Å². The first-order valence-electron chi connectivity index (χ1n) is 6.20. The highest BCUT2D eigenvalue weighted by Crippen LogP contribution is 2.19. The molecule has 0 spiro atoms. The number of nitrogens with one attached hydrogen (secondary N) is 1. The van der Waals surface area contributed by atoms with E-state index in [1.54, 1.807) is 13.1 Å². The highest BCUT2D eigenvalue weighted by molar-refractivity contribution is 7.89. The molecule has 7 nitrogen and oxygen atoms in total. The number of aryl methyl sites for hydroxylation is 1. The maximum Gasteiger partial charge on any atom is 0.419 e. The molecule has 22 heavy (non-hydrogen) atoms. The fourth-order valence-electron chi connectivity index (χ4n) is 1.98. The molecule has 3 aromatic rings. The maximum absolute atomic E-state index is 12.2. The fourth-order valence-corrected chi connectivity index (χ4v) is 3.15. The second-order valence-corrected chi connectivity index (χ2v) is 6.73. The van der Waals surface area contributed by atoms with Gasteiger partial charge >= 0.3 is 5.76 Å². The number of oxazole rings is 1. The first-order chi connectivity index (χ1) is 10.4. The second kappa shape index (κ2) is 5.31. The van der Waals surface area contributed by atoms with Crippen molar-refractivity contribution in [2.24, 2.45) is 7.05 Å². The molecule has 1 aromatic carbocycles. The number of hydrogen-bond donors (Lipinski definition) is 1. The summed E-state index contributed by atoms with van der Waals surface area (Å²) in [6.45, 7) is -0.0359. The van der Waals surface area contributed by atoms with E-state index < -0.39 is 15.8 Å². The van der Waals surface area contributed by atoms with Gasteiger partial charge in [-0.15, -0.1) is 0 Å². The number of sulfonamides is 1. The molecule has 2 heterocycles. The number of nitrogens with zero attached hydrogens (tertiary/aromatic N) is 1. The van der Waals surface area contributed by atoms with E-state index >= 15 is 0 Å². The van der Waals surface area contributed by atoms with E-state index in [1.165, 1.54) is 28.8 Å². The molecule has 0 saturated carbocycles. The SMILES string of the molecule is Cn1c(=O)oc2cc(S(=O)(=O)NCc3ccc(Cl)o3)ccc21. The van der Waals surface area contributed by atoms with Gasteiger partial charge in [-0.2, -0.15) is 0 Å². The maximum atomic E-state index is 12.2. The third-order valence-corrected chi connectivity index (χ3v) is 4.74. The van der Waals surface area contributed by atoms with E-state index in [2.05, 4.69) is 4.72 Å². The van der Waals surface area contributed by atoms with E-state index in [1.807, 2.05) is 0 Å². The molecule has 0 amide bonds. The molecule has 0 atom stereocenters. The van der Waals surface area contributed by atoms with Crippen LogP contribution in [0.4, 0.5) is 0 Å². The van der Waals surface area contributed by atoms with Crippen LogP contribution in [-0.2, 0) is 23.6 Å². The highest BCUT2D eigenvalue weighted by atomic mass is 35.5. The summed E-state index contributed by atoms with van der Waals surface area (Å²) in [5.74, 6) is -0.163. The molecular formula is C13H11ClN2O5S. The van der Waals surface area contributed by atoms with E-state index in [-0.39, 0.29) is 22.2 Å². The van der Waals surface area contributed by atoms with Crippen molar-refractivity contribution < 1.29 is 17.3 Å². The average Bonchev–Trinajstić information content (AvgIpc) is 3.01. The van der Waals surface area contributed by atoms with Crippen LogP contribution in [0.2, 0.25) is 5.22 Å². The van der Waals surface area contributed by atoms with Gasteiger partial charge in [0, 0.05) is 13.1 Å². The largest absolute Gasteiger partial charge is 0.448 e. The Morgan fingerprint density at radius 2 is 2.00 bits per heavy atom. The van der Waals surface area contributed by atoms with Crippen LogP contribution in [0.15, 0.2) is 48.9 Å². The van der Waals surface area contributed by atoms with Crippen LogP contribution >= 0.6 is 11.6 Å². The van der Waals surface area contributed by atoms with Crippen LogP contribution in [-0.4, -0.2) is 13.0 Å². The van der Waals surface area contributed by atoms with Crippen molar-refractivity contribution in [2.75, 3.05) is 0 Å². The van der Waals surface area contributed by atoms with E-state index in [0.717, 1.165) is 0 Å². The lowest BCUT2D eigenvalue weighted by atomic mass is 10.3. The Kier molecular flexibility index (Phi) is 3.59. The van der Waals surface area contributed by atoms with Crippen molar-refractivity contribution in [3.05, 3.63) is 51.9 Å². The molecule has 0 aliphatic carbocycles. The van der Waals surface area contributed by atoms with E-state index in [0.29, 0.717) is 11.3 Å². The number of furan rings is 1. The summed E-state index contributed by atoms with van der Waals surface area (Å²) < 4.78 is 38.2. The Balaban J connectivity index is 1.89.